The van der Waals surface area contributed by atoms with Crippen LogP contribution in [-0.2, 0) is 0 Å². The van der Waals surface area contributed by atoms with E-state index in [0.29, 0.717) is 5.02 Å². The summed E-state index contributed by atoms with van der Waals surface area (Å²) in [6.45, 7) is 3.38. The molecule has 0 saturated carbocycles. The Hall–Kier alpha value is -0.700. The Labute approximate surface area is 187 Å². The van der Waals surface area contributed by atoms with E-state index in [4.69, 9.17) is 11.6 Å². The Kier molecular flexibility index (Phi) is 9.86. The maximum absolute atomic E-state index is 12.4. The monoisotopic (exact) mass is 520 g/mol. The summed E-state index contributed by atoms with van der Waals surface area (Å²) in [5.41, 5.74) is 1.91. The Morgan fingerprint density at radius 2 is 1.64 bits per heavy atom. The minimum absolute atomic E-state index is 0. The summed E-state index contributed by atoms with van der Waals surface area (Å²) in [4.78, 5) is 2.30. The molecule has 156 valence electrons. The van der Waals surface area contributed by atoms with E-state index >= 15 is 0 Å². The van der Waals surface area contributed by atoms with Crippen LogP contribution in [0.2, 0.25) is 5.02 Å². The average molecular weight is 523 g/mol. The zero-order valence-electron chi connectivity index (χ0n) is 14.5. The van der Waals surface area contributed by atoms with Gasteiger partial charge in [0.15, 0.2) is 0 Å². The van der Waals surface area contributed by atoms with Gasteiger partial charge in [-0.3, -0.25) is 4.90 Å². The van der Waals surface area contributed by atoms with Crippen molar-refractivity contribution in [2.75, 3.05) is 26.2 Å². The van der Waals surface area contributed by atoms with Crippen molar-refractivity contribution in [1.29, 1.82) is 0 Å². The highest BCUT2D eigenvalue weighted by molar-refractivity contribution is 9.10. The van der Waals surface area contributed by atoms with Crippen LogP contribution in [0.4, 0.5) is 13.2 Å². The normalized spacial score (nSPS) is 15.9. The van der Waals surface area contributed by atoms with Crippen LogP contribution in [0.3, 0.4) is 0 Å². The van der Waals surface area contributed by atoms with Crippen LogP contribution in [0.15, 0.2) is 46.9 Å². The third-order valence-corrected chi connectivity index (χ3v) is 5.13. The molecule has 0 aliphatic carbocycles. The first-order chi connectivity index (χ1) is 12.3. The lowest BCUT2D eigenvalue weighted by Crippen LogP contribution is -2.45. The van der Waals surface area contributed by atoms with Crippen LogP contribution in [-0.4, -0.2) is 37.4 Å². The fourth-order valence-electron chi connectivity index (χ4n) is 3.10. The molecule has 0 radical (unpaired) electrons. The van der Waals surface area contributed by atoms with Gasteiger partial charge in [0, 0.05) is 35.7 Å². The molecule has 0 aromatic heterocycles. The standard InChI is InChI=1S/C18H17BrClF3N2O.2ClH/c19-16-11-13(20)3-6-15(16)17(25-9-7-24-8-10-25)12-1-4-14(5-2-12)26-18(21,22)23;;/h1-6,11,17,24H,7-10H2;2*1H/t17-;;/m1../s1. The van der Waals surface area contributed by atoms with Gasteiger partial charge in [-0.15, -0.1) is 38.0 Å². The minimum atomic E-state index is -4.70. The molecule has 0 spiro atoms. The number of halogens is 7. The molecule has 28 heavy (non-hydrogen) atoms. The summed E-state index contributed by atoms with van der Waals surface area (Å²) in [6.07, 6.45) is -4.70. The van der Waals surface area contributed by atoms with E-state index in [9.17, 15) is 13.2 Å². The Morgan fingerprint density at radius 1 is 1.04 bits per heavy atom. The first-order valence-electron chi connectivity index (χ1n) is 8.09. The number of ether oxygens (including phenoxy) is 1. The number of nitrogens with zero attached hydrogens (tertiary/aromatic N) is 1. The molecule has 3 rings (SSSR count). The fourth-order valence-corrected chi connectivity index (χ4v) is 4.00. The maximum Gasteiger partial charge on any atom is 0.573 e. The van der Waals surface area contributed by atoms with Crippen molar-refractivity contribution in [2.45, 2.75) is 12.4 Å². The van der Waals surface area contributed by atoms with E-state index in [-0.39, 0.29) is 36.6 Å². The van der Waals surface area contributed by atoms with E-state index < -0.39 is 6.36 Å². The predicted octanol–water partition coefficient (Wildman–Crippen LogP) is 5.84. The number of hydrogen-bond acceptors (Lipinski definition) is 3. The molecule has 2 aromatic rings. The average Bonchev–Trinajstić information content (AvgIpc) is 2.58. The molecule has 1 aliphatic heterocycles. The lowest BCUT2D eigenvalue weighted by molar-refractivity contribution is -0.274. The van der Waals surface area contributed by atoms with E-state index in [1.165, 1.54) is 12.1 Å². The van der Waals surface area contributed by atoms with Gasteiger partial charge in [0.2, 0.25) is 0 Å². The minimum Gasteiger partial charge on any atom is -0.406 e. The highest BCUT2D eigenvalue weighted by atomic mass is 79.9. The summed E-state index contributed by atoms with van der Waals surface area (Å²) in [5, 5.41) is 3.93. The highest BCUT2D eigenvalue weighted by Crippen LogP contribution is 2.36. The Balaban J connectivity index is 0.00000196. The van der Waals surface area contributed by atoms with E-state index in [1.807, 2.05) is 18.2 Å². The summed E-state index contributed by atoms with van der Waals surface area (Å²) in [7, 11) is 0. The Morgan fingerprint density at radius 3 is 2.18 bits per heavy atom. The molecule has 1 atom stereocenters. The molecule has 0 amide bonds. The van der Waals surface area contributed by atoms with Crippen molar-refractivity contribution >= 4 is 52.3 Å². The van der Waals surface area contributed by atoms with Gasteiger partial charge in [0.1, 0.15) is 5.75 Å². The molecule has 1 saturated heterocycles. The molecular weight excluding hydrogens is 503 g/mol. The van der Waals surface area contributed by atoms with Crippen molar-refractivity contribution in [3.05, 3.63) is 63.1 Å². The van der Waals surface area contributed by atoms with Crippen molar-refractivity contribution in [3.8, 4) is 5.75 Å². The largest absolute Gasteiger partial charge is 0.573 e. The van der Waals surface area contributed by atoms with Crippen molar-refractivity contribution in [3.63, 3.8) is 0 Å². The van der Waals surface area contributed by atoms with E-state index in [2.05, 4.69) is 30.9 Å². The smallest absolute Gasteiger partial charge is 0.406 e. The lowest BCUT2D eigenvalue weighted by atomic mass is 9.96. The molecule has 1 aliphatic rings. The van der Waals surface area contributed by atoms with Crippen LogP contribution in [0.1, 0.15) is 17.2 Å². The summed E-state index contributed by atoms with van der Waals surface area (Å²) < 4.78 is 42.0. The van der Waals surface area contributed by atoms with Crippen molar-refractivity contribution in [2.24, 2.45) is 0 Å². The third-order valence-electron chi connectivity index (χ3n) is 4.20. The first-order valence-corrected chi connectivity index (χ1v) is 9.26. The Bertz CT molecular complexity index is 757. The van der Waals surface area contributed by atoms with Crippen LogP contribution >= 0.6 is 52.3 Å². The van der Waals surface area contributed by atoms with Crippen LogP contribution in [0.25, 0.3) is 0 Å². The molecule has 3 nitrogen and oxygen atoms in total. The van der Waals surface area contributed by atoms with E-state index in [1.54, 1.807) is 12.1 Å². The molecule has 0 bridgehead atoms. The van der Waals surface area contributed by atoms with Gasteiger partial charge in [0.25, 0.3) is 0 Å². The molecule has 10 heteroatoms. The number of alkyl halides is 3. The first kappa shape index (κ1) is 25.3. The van der Waals surface area contributed by atoms with Crippen molar-refractivity contribution < 1.29 is 17.9 Å². The van der Waals surface area contributed by atoms with Crippen molar-refractivity contribution in [1.82, 2.24) is 10.2 Å². The van der Waals surface area contributed by atoms with Gasteiger partial charge in [-0.2, -0.15) is 0 Å². The fraction of sp³-hybridized carbons (Fsp3) is 0.333. The quantitative estimate of drug-likeness (QED) is 0.546. The second kappa shape index (κ2) is 10.9. The van der Waals surface area contributed by atoms with Gasteiger partial charge in [-0.05, 0) is 35.4 Å². The maximum atomic E-state index is 12.4. The number of benzene rings is 2. The number of hydrogen-bond donors (Lipinski definition) is 1. The lowest BCUT2D eigenvalue weighted by Gasteiger charge is -2.36. The summed E-state index contributed by atoms with van der Waals surface area (Å²) >= 11 is 9.62. The number of nitrogens with one attached hydrogen (secondary N) is 1. The van der Waals surface area contributed by atoms with Gasteiger partial charge in [0.05, 0.1) is 6.04 Å². The highest BCUT2D eigenvalue weighted by Gasteiger charge is 2.31. The number of piperazine rings is 1. The second-order valence-corrected chi connectivity index (χ2v) is 7.26. The number of rotatable bonds is 4. The topological polar surface area (TPSA) is 24.5 Å². The van der Waals surface area contributed by atoms with Crippen LogP contribution in [0, 0.1) is 0 Å². The summed E-state index contributed by atoms with van der Waals surface area (Å²) in [5.74, 6) is -0.226. The van der Waals surface area contributed by atoms with Gasteiger partial charge in [-0.25, -0.2) is 0 Å². The summed E-state index contributed by atoms with van der Waals surface area (Å²) in [6, 6.07) is 11.5. The molecule has 1 heterocycles. The molecule has 1 fully saturated rings. The molecular formula is C18H19BrCl3F3N2O. The molecule has 2 aromatic carbocycles. The zero-order chi connectivity index (χ0) is 18.7. The van der Waals surface area contributed by atoms with Gasteiger partial charge < -0.3 is 10.1 Å². The molecule has 1 N–H and O–H groups in total. The van der Waals surface area contributed by atoms with Crippen LogP contribution in [0.5, 0.6) is 5.75 Å². The second-order valence-electron chi connectivity index (χ2n) is 5.97. The predicted molar refractivity (Wildman–Crippen MR) is 113 cm³/mol. The SMILES string of the molecule is Cl.Cl.FC(F)(F)Oc1ccc([C@H](c2ccc(Cl)cc2Br)N2CCNCC2)cc1. The van der Waals surface area contributed by atoms with Crippen LogP contribution < -0.4 is 10.1 Å². The molecule has 0 unspecified atom stereocenters. The third kappa shape index (κ3) is 6.68. The zero-order valence-corrected chi connectivity index (χ0v) is 18.5. The van der Waals surface area contributed by atoms with Gasteiger partial charge in [-0.1, -0.05) is 45.7 Å². The van der Waals surface area contributed by atoms with Gasteiger partial charge >= 0.3 is 6.36 Å². The van der Waals surface area contributed by atoms with E-state index in [0.717, 1.165) is 41.8 Å².